The predicted molar refractivity (Wildman–Crippen MR) is 93.4 cm³/mol. The minimum atomic E-state index is -3.24. The van der Waals surface area contributed by atoms with Crippen LogP contribution in [0, 0.1) is 0 Å². The molecule has 140 valence electrons. The number of benzene rings is 1. The smallest absolute Gasteiger partial charge is 0.267 e. The molecule has 0 saturated carbocycles. The van der Waals surface area contributed by atoms with Gasteiger partial charge in [-0.25, -0.2) is 18.2 Å². The fourth-order valence-corrected chi connectivity index (χ4v) is 4.17. The van der Waals surface area contributed by atoms with Crippen LogP contribution in [-0.4, -0.2) is 54.6 Å². The van der Waals surface area contributed by atoms with Gasteiger partial charge in [-0.15, -0.1) is 0 Å². The van der Waals surface area contributed by atoms with Crippen LogP contribution in [0.2, 0.25) is 0 Å². The number of sulfonamides is 1. The summed E-state index contributed by atoms with van der Waals surface area (Å²) in [6.07, 6.45) is 4.93. The molecule has 1 spiro atoms. The van der Waals surface area contributed by atoms with Crippen molar-refractivity contribution in [3.05, 3.63) is 35.4 Å². The molecule has 2 aliphatic rings. The molecule has 1 aromatic rings. The minimum Gasteiger partial charge on any atom is -0.486 e. The zero-order valence-corrected chi connectivity index (χ0v) is 15.1. The summed E-state index contributed by atoms with van der Waals surface area (Å²) in [5.41, 5.74) is 1.90. The summed E-state index contributed by atoms with van der Waals surface area (Å²) in [6, 6.07) is 5.02. The number of Topliss-reactive ketones (excluding diaryl/α,β-unsaturated/α-hetero) is 1. The second-order valence-corrected chi connectivity index (χ2v) is 8.59. The third kappa shape index (κ3) is 3.79. The van der Waals surface area contributed by atoms with Crippen LogP contribution in [-0.2, 0) is 14.8 Å². The van der Waals surface area contributed by atoms with Gasteiger partial charge in [-0.2, -0.15) is 0 Å². The number of ketones is 1. The molecule has 0 atom stereocenters. The second kappa shape index (κ2) is 6.82. The summed E-state index contributed by atoms with van der Waals surface area (Å²) in [5, 5.41) is 8.49. The lowest BCUT2D eigenvalue weighted by Crippen LogP contribution is -2.52. The molecule has 2 N–H and O–H groups in total. The molecule has 26 heavy (non-hydrogen) atoms. The molecule has 0 bridgehead atoms. The molecule has 8 nitrogen and oxygen atoms in total. The van der Waals surface area contributed by atoms with E-state index in [2.05, 4.69) is 0 Å². The van der Waals surface area contributed by atoms with Crippen LogP contribution >= 0.6 is 0 Å². The fourth-order valence-electron chi connectivity index (χ4n) is 3.33. The number of nitrogens with one attached hydrogen (secondary N) is 1. The Morgan fingerprint density at radius 2 is 2.04 bits per heavy atom. The first-order valence-corrected chi connectivity index (χ1v) is 10.0. The first-order valence-electron chi connectivity index (χ1n) is 8.16. The Balaban J connectivity index is 1.78. The van der Waals surface area contributed by atoms with E-state index in [-0.39, 0.29) is 12.2 Å². The molecule has 1 amide bonds. The van der Waals surface area contributed by atoms with Gasteiger partial charge in [-0.05, 0) is 23.8 Å². The highest BCUT2D eigenvalue weighted by molar-refractivity contribution is 7.88. The van der Waals surface area contributed by atoms with Crippen LogP contribution in [0.15, 0.2) is 24.3 Å². The van der Waals surface area contributed by atoms with Crippen molar-refractivity contribution in [3.63, 3.8) is 0 Å². The maximum atomic E-state index is 12.6. The van der Waals surface area contributed by atoms with E-state index >= 15 is 0 Å². The number of hydrogen-bond acceptors (Lipinski definition) is 6. The van der Waals surface area contributed by atoms with Gasteiger partial charge >= 0.3 is 0 Å². The van der Waals surface area contributed by atoms with Crippen LogP contribution in [0.25, 0.3) is 6.08 Å². The van der Waals surface area contributed by atoms with Crippen molar-refractivity contribution in [1.29, 1.82) is 0 Å². The molecule has 1 aromatic carbocycles. The van der Waals surface area contributed by atoms with Crippen LogP contribution in [0.3, 0.4) is 0 Å². The Morgan fingerprint density at radius 1 is 1.35 bits per heavy atom. The summed E-state index contributed by atoms with van der Waals surface area (Å²) >= 11 is 0. The number of hydrogen-bond donors (Lipinski definition) is 2. The van der Waals surface area contributed by atoms with Crippen LogP contribution < -0.4 is 10.2 Å². The highest BCUT2D eigenvalue weighted by Gasteiger charge is 2.44. The van der Waals surface area contributed by atoms with Gasteiger partial charge in [-0.3, -0.25) is 14.8 Å². The topological polar surface area (TPSA) is 113 Å². The van der Waals surface area contributed by atoms with E-state index in [0.29, 0.717) is 42.8 Å². The van der Waals surface area contributed by atoms with Crippen molar-refractivity contribution in [2.45, 2.75) is 24.9 Å². The number of rotatable bonds is 3. The Morgan fingerprint density at radius 3 is 2.65 bits per heavy atom. The first-order chi connectivity index (χ1) is 12.2. The number of carbonyl (C=O) groups excluding carboxylic acids is 2. The van der Waals surface area contributed by atoms with Crippen molar-refractivity contribution in [2.75, 3.05) is 19.3 Å². The van der Waals surface area contributed by atoms with E-state index in [1.165, 1.54) is 22.1 Å². The van der Waals surface area contributed by atoms with Crippen molar-refractivity contribution in [3.8, 4) is 5.75 Å². The lowest BCUT2D eigenvalue weighted by atomic mass is 9.82. The molecule has 1 fully saturated rings. The van der Waals surface area contributed by atoms with Crippen molar-refractivity contribution >= 4 is 27.8 Å². The lowest BCUT2D eigenvalue weighted by molar-refractivity contribution is -0.124. The second-order valence-electron chi connectivity index (χ2n) is 6.61. The fraction of sp³-hybridized carbons (Fsp3) is 0.412. The SMILES string of the molecule is CS(=O)(=O)N1CCC2(CC1)CC(=O)c1cc(C=CC(=O)NO)ccc1O2. The van der Waals surface area contributed by atoms with Gasteiger partial charge in [0.15, 0.2) is 5.78 Å². The van der Waals surface area contributed by atoms with Crippen molar-refractivity contribution in [2.24, 2.45) is 0 Å². The number of ether oxygens (including phenoxy) is 1. The normalized spacial score (nSPS) is 20.0. The molecule has 2 aliphatic heterocycles. The summed E-state index contributed by atoms with van der Waals surface area (Å²) in [7, 11) is -3.24. The number of amides is 1. The average molecular weight is 380 g/mol. The third-order valence-corrected chi connectivity index (χ3v) is 6.06. The van der Waals surface area contributed by atoms with Crippen molar-refractivity contribution in [1.82, 2.24) is 9.79 Å². The van der Waals surface area contributed by atoms with E-state index in [1.54, 1.807) is 18.2 Å². The average Bonchev–Trinajstić information content (AvgIpc) is 2.59. The number of carbonyl (C=O) groups is 2. The Kier molecular flexibility index (Phi) is 4.87. The van der Waals surface area contributed by atoms with Gasteiger partial charge in [0.2, 0.25) is 10.0 Å². The number of piperidine rings is 1. The molecule has 9 heteroatoms. The third-order valence-electron chi connectivity index (χ3n) is 4.75. The van der Waals surface area contributed by atoms with Gasteiger partial charge < -0.3 is 4.74 Å². The molecule has 0 aliphatic carbocycles. The van der Waals surface area contributed by atoms with Gasteiger partial charge in [0.25, 0.3) is 5.91 Å². The largest absolute Gasteiger partial charge is 0.486 e. The summed E-state index contributed by atoms with van der Waals surface area (Å²) < 4.78 is 30.8. The Bertz CT molecular complexity index is 869. The monoisotopic (exact) mass is 380 g/mol. The summed E-state index contributed by atoms with van der Waals surface area (Å²) in [5.74, 6) is -0.263. The molecule has 3 rings (SSSR count). The molecule has 0 aromatic heterocycles. The minimum absolute atomic E-state index is 0.0686. The molecule has 1 saturated heterocycles. The standard InChI is InChI=1S/C17H20N2O6S/c1-26(23,24)19-8-6-17(7-9-19)11-14(20)13-10-12(2-4-15(13)25-17)3-5-16(21)18-22/h2-5,10,22H,6-9,11H2,1H3,(H,18,21). The van der Waals surface area contributed by atoms with E-state index in [4.69, 9.17) is 9.94 Å². The van der Waals surface area contributed by atoms with E-state index in [9.17, 15) is 18.0 Å². The zero-order valence-electron chi connectivity index (χ0n) is 14.3. The van der Waals surface area contributed by atoms with Gasteiger partial charge in [0.1, 0.15) is 11.4 Å². The van der Waals surface area contributed by atoms with Gasteiger partial charge in [0, 0.05) is 32.0 Å². The van der Waals surface area contributed by atoms with Crippen LogP contribution in [0.4, 0.5) is 0 Å². The highest BCUT2D eigenvalue weighted by Crippen LogP contribution is 2.40. The number of fused-ring (bicyclic) bond motifs is 1. The number of hydroxylamine groups is 1. The van der Waals surface area contributed by atoms with E-state index in [1.807, 2.05) is 0 Å². The lowest BCUT2D eigenvalue weighted by Gasteiger charge is -2.43. The highest BCUT2D eigenvalue weighted by atomic mass is 32.2. The Labute approximate surface area is 151 Å². The van der Waals surface area contributed by atoms with Crippen molar-refractivity contribution < 1.29 is 28.0 Å². The Hall–Kier alpha value is -2.23. The van der Waals surface area contributed by atoms with Gasteiger partial charge in [0.05, 0.1) is 18.2 Å². The summed E-state index contributed by atoms with van der Waals surface area (Å²) in [6.45, 7) is 0.664. The molecule has 2 heterocycles. The molecular formula is C17H20N2O6S. The number of nitrogens with zero attached hydrogens (tertiary/aromatic N) is 1. The van der Waals surface area contributed by atoms with E-state index < -0.39 is 21.5 Å². The van der Waals surface area contributed by atoms with Gasteiger partial charge in [-0.1, -0.05) is 6.07 Å². The maximum Gasteiger partial charge on any atom is 0.267 e. The summed E-state index contributed by atoms with van der Waals surface area (Å²) in [4.78, 5) is 23.7. The van der Waals surface area contributed by atoms with Crippen LogP contribution in [0.1, 0.15) is 35.2 Å². The molecule has 0 unspecified atom stereocenters. The molecule has 0 radical (unpaired) electrons. The van der Waals surface area contributed by atoms with E-state index in [0.717, 1.165) is 6.08 Å². The van der Waals surface area contributed by atoms with Crippen LogP contribution in [0.5, 0.6) is 5.75 Å². The quantitative estimate of drug-likeness (QED) is 0.459. The molecular weight excluding hydrogens is 360 g/mol. The first kappa shape index (κ1) is 18.6. The maximum absolute atomic E-state index is 12.6. The zero-order chi connectivity index (χ0) is 18.9. The predicted octanol–water partition coefficient (Wildman–Crippen LogP) is 0.965.